The standard InChI is InChI=1S/C16H27N3OS/c20-15(17-13-6-2-1-3-7-13)12-5-4-10-19(11-12)16(21)18-14-8-9-14/h12-14H,1-11H2,(H,17,20)(H,18,21)/t12-/m1/s1. The lowest BCUT2D eigenvalue weighted by atomic mass is 9.93. The Morgan fingerprint density at radius 1 is 0.905 bits per heavy atom. The lowest BCUT2D eigenvalue weighted by molar-refractivity contribution is -0.127. The first-order valence-electron chi connectivity index (χ1n) is 8.58. The average molecular weight is 309 g/mol. The molecular weight excluding hydrogens is 282 g/mol. The molecule has 3 aliphatic rings. The molecule has 0 aromatic carbocycles. The van der Waals surface area contributed by atoms with Gasteiger partial charge in [-0.15, -0.1) is 0 Å². The zero-order valence-corrected chi connectivity index (χ0v) is 13.6. The molecule has 0 spiro atoms. The third kappa shape index (κ3) is 4.31. The highest BCUT2D eigenvalue weighted by Crippen LogP contribution is 2.22. The number of rotatable bonds is 3. The Labute approximate surface area is 133 Å². The molecule has 0 radical (unpaired) electrons. The summed E-state index contributed by atoms with van der Waals surface area (Å²) in [5, 5.41) is 7.52. The molecule has 0 aromatic heterocycles. The summed E-state index contributed by atoms with van der Waals surface area (Å²) in [6.07, 6.45) is 10.7. The van der Waals surface area contributed by atoms with Crippen LogP contribution in [-0.2, 0) is 4.79 Å². The van der Waals surface area contributed by atoms with Gasteiger partial charge in [0.1, 0.15) is 0 Å². The van der Waals surface area contributed by atoms with Crippen LogP contribution in [0.15, 0.2) is 0 Å². The molecule has 3 rings (SSSR count). The number of carbonyl (C=O) groups excluding carboxylic acids is 1. The Morgan fingerprint density at radius 3 is 2.33 bits per heavy atom. The summed E-state index contributed by atoms with van der Waals surface area (Å²) < 4.78 is 0. The van der Waals surface area contributed by atoms with E-state index in [9.17, 15) is 4.79 Å². The Hall–Kier alpha value is -0.840. The summed E-state index contributed by atoms with van der Waals surface area (Å²) in [6.45, 7) is 1.78. The summed E-state index contributed by atoms with van der Waals surface area (Å²) in [5.74, 6) is 0.362. The lowest BCUT2D eigenvalue weighted by Crippen LogP contribution is -2.50. The number of nitrogens with one attached hydrogen (secondary N) is 2. The van der Waals surface area contributed by atoms with Gasteiger partial charge < -0.3 is 15.5 Å². The number of carbonyl (C=O) groups is 1. The Bertz CT molecular complexity index is 391. The molecule has 0 bridgehead atoms. The number of hydrogen-bond acceptors (Lipinski definition) is 2. The van der Waals surface area contributed by atoms with Gasteiger partial charge in [0.15, 0.2) is 5.11 Å². The molecule has 0 aromatic rings. The second-order valence-corrected chi connectivity index (χ2v) is 7.24. The van der Waals surface area contributed by atoms with Crippen LogP contribution in [0.5, 0.6) is 0 Å². The predicted molar refractivity (Wildman–Crippen MR) is 88.1 cm³/mol. The van der Waals surface area contributed by atoms with Crippen molar-refractivity contribution in [1.29, 1.82) is 0 Å². The number of likely N-dealkylation sites (tertiary alicyclic amines) is 1. The normalized spacial score (nSPS) is 27.2. The quantitative estimate of drug-likeness (QED) is 0.785. The van der Waals surface area contributed by atoms with E-state index >= 15 is 0 Å². The summed E-state index contributed by atoms with van der Waals surface area (Å²) in [6, 6.07) is 1.01. The first-order valence-corrected chi connectivity index (χ1v) is 8.99. The number of thiocarbonyl (C=S) groups is 1. The molecule has 4 nitrogen and oxygen atoms in total. The molecule has 1 atom stereocenters. The molecule has 1 saturated heterocycles. The molecule has 2 N–H and O–H groups in total. The van der Waals surface area contributed by atoms with Crippen molar-refractivity contribution in [1.82, 2.24) is 15.5 Å². The van der Waals surface area contributed by atoms with E-state index in [2.05, 4.69) is 15.5 Å². The van der Waals surface area contributed by atoms with Gasteiger partial charge in [-0.2, -0.15) is 0 Å². The van der Waals surface area contributed by atoms with Crippen molar-refractivity contribution in [3.8, 4) is 0 Å². The number of hydrogen-bond donors (Lipinski definition) is 2. The van der Waals surface area contributed by atoms with Crippen LogP contribution < -0.4 is 10.6 Å². The SMILES string of the molecule is O=C(NC1CCCCC1)[C@@H]1CCCN(C(=S)NC2CC2)C1. The van der Waals surface area contributed by atoms with Crippen LogP contribution in [0.25, 0.3) is 0 Å². The van der Waals surface area contributed by atoms with E-state index in [1.807, 2.05) is 0 Å². The molecule has 1 aliphatic heterocycles. The number of piperidine rings is 1. The van der Waals surface area contributed by atoms with E-state index in [0.29, 0.717) is 12.1 Å². The van der Waals surface area contributed by atoms with E-state index < -0.39 is 0 Å². The van der Waals surface area contributed by atoms with Crippen molar-refractivity contribution < 1.29 is 4.79 Å². The fourth-order valence-corrected chi connectivity index (χ4v) is 3.77. The Morgan fingerprint density at radius 2 is 1.62 bits per heavy atom. The maximum Gasteiger partial charge on any atom is 0.225 e. The zero-order chi connectivity index (χ0) is 14.7. The van der Waals surface area contributed by atoms with Crippen LogP contribution in [0.1, 0.15) is 57.8 Å². The maximum atomic E-state index is 12.5. The molecule has 21 heavy (non-hydrogen) atoms. The van der Waals surface area contributed by atoms with E-state index in [1.165, 1.54) is 32.1 Å². The minimum Gasteiger partial charge on any atom is -0.360 e. The zero-order valence-electron chi connectivity index (χ0n) is 12.8. The first-order chi connectivity index (χ1) is 10.2. The van der Waals surface area contributed by atoms with E-state index in [1.54, 1.807) is 0 Å². The molecule has 2 saturated carbocycles. The fraction of sp³-hybridized carbons (Fsp3) is 0.875. The minimum atomic E-state index is 0.111. The van der Waals surface area contributed by atoms with Crippen LogP contribution >= 0.6 is 12.2 Å². The van der Waals surface area contributed by atoms with Gasteiger partial charge in [0.2, 0.25) is 5.91 Å². The second kappa shape index (κ2) is 6.95. The van der Waals surface area contributed by atoms with Crippen LogP contribution in [0.3, 0.4) is 0 Å². The highest BCUT2D eigenvalue weighted by molar-refractivity contribution is 7.80. The molecule has 1 heterocycles. The van der Waals surface area contributed by atoms with Gasteiger partial charge in [-0.25, -0.2) is 0 Å². The predicted octanol–water partition coefficient (Wildman–Crippen LogP) is 2.18. The van der Waals surface area contributed by atoms with Crippen molar-refractivity contribution in [2.24, 2.45) is 5.92 Å². The summed E-state index contributed by atoms with van der Waals surface area (Å²) >= 11 is 5.47. The van der Waals surface area contributed by atoms with Crippen LogP contribution in [-0.4, -0.2) is 41.1 Å². The largest absolute Gasteiger partial charge is 0.360 e. The third-order valence-electron chi connectivity index (χ3n) is 4.94. The molecule has 118 valence electrons. The van der Waals surface area contributed by atoms with Crippen molar-refractivity contribution in [3.05, 3.63) is 0 Å². The number of amides is 1. The van der Waals surface area contributed by atoms with Crippen molar-refractivity contribution in [3.63, 3.8) is 0 Å². The molecule has 3 fully saturated rings. The van der Waals surface area contributed by atoms with Crippen molar-refractivity contribution >= 4 is 23.2 Å². The van der Waals surface area contributed by atoms with E-state index in [0.717, 1.165) is 43.9 Å². The highest BCUT2D eigenvalue weighted by Gasteiger charge is 2.30. The molecule has 1 amide bonds. The second-order valence-electron chi connectivity index (χ2n) is 6.85. The van der Waals surface area contributed by atoms with Gasteiger partial charge in [-0.3, -0.25) is 4.79 Å². The molecule has 0 unspecified atom stereocenters. The summed E-state index contributed by atoms with van der Waals surface area (Å²) in [4.78, 5) is 14.7. The van der Waals surface area contributed by atoms with Gasteiger partial charge in [-0.05, 0) is 50.7 Å². The van der Waals surface area contributed by atoms with E-state index in [4.69, 9.17) is 12.2 Å². The van der Waals surface area contributed by atoms with Gasteiger partial charge >= 0.3 is 0 Å². The maximum absolute atomic E-state index is 12.5. The monoisotopic (exact) mass is 309 g/mol. The van der Waals surface area contributed by atoms with Crippen molar-refractivity contribution in [2.45, 2.75) is 69.9 Å². The summed E-state index contributed by atoms with van der Waals surface area (Å²) in [7, 11) is 0. The van der Waals surface area contributed by atoms with Crippen LogP contribution in [0, 0.1) is 5.92 Å². The van der Waals surface area contributed by atoms with Gasteiger partial charge in [-0.1, -0.05) is 19.3 Å². The van der Waals surface area contributed by atoms with Gasteiger partial charge in [0.25, 0.3) is 0 Å². The number of nitrogens with zero attached hydrogens (tertiary/aromatic N) is 1. The smallest absolute Gasteiger partial charge is 0.225 e. The Balaban J connectivity index is 1.47. The fourth-order valence-electron chi connectivity index (χ4n) is 3.44. The third-order valence-corrected chi connectivity index (χ3v) is 5.31. The highest BCUT2D eigenvalue weighted by atomic mass is 32.1. The van der Waals surface area contributed by atoms with E-state index in [-0.39, 0.29) is 11.8 Å². The first kappa shape index (κ1) is 15.1. The molecule has 5 heteroatoms. The van der Waals surface area contributed by atoms with Gasteiger partial charge in [0, 0.05) is 25.2 Å². The topological polar surface area (TPSA) is 44.4 Å². The van der Waals surface area contributed by atoms with Crippen LogP contribution in [0.4, 0.5) is 0 Å². The average Bonchev–Trinajstić information content (AvgIpc) is 3.32. The van der Waals surface area contributed by atoms with Crippen molar-refractivity contribution in [2.75, 3.05) is 13.1 Å². The molecule has 2 aliphatic carbocycles. The lowest BCUT2D eigenvalue weighted by Gasteiger charge is -2.35. The Kier molecular flexibility index (Phi) is 4.99. The van der Waals surface area contributed by atoms with Gasteiger partial charge in [0.05, 0.1) is 5.92 Å². The molecular formula is C16H27N3OS. The minimum absolute atomic E-state index is 0.111. The van der Waals surface area contributed by atoms with Crippen LogP contribution in [0.2, 0.25) is 0 Å². The summed E-state index contributed by atoms with van der Waals surface area (Å²) in [5.41, 5.74) is 0.